The molecular formula is C23H32N4O4. The number of urea groups is 1. The molecule has 1 atom stereocenters. The summed E-state index contributed by atoms with van der Waals surface area (Å²) in [5.41, 5.74) is 0.517. The zero-order valence-electron chi connectivity index (χ0n) is 18.2. The lowest BCUT2D eigenvalue weighted by atomic mass is 9.87. The number of carbonyl (C=O) groups excluding carboxylic acids is 3. The van der Waals surface area contributed by atoms with Crippen molar-refractivity contribution < 1.29 is 19.1 Å². The molecule has 3 saturated heterocycles. The van der Waals surface area contributed by atoms with E-state index >= 15 is 0 Å². The lowest BCUT2D eigenvalue weighted by Crippen LogP contribution is -2.56. The van der Waals surface area contributed by atoms with Gasteiger partial charge in [0.2, 0.25) is 5.91 Å². The standard InChI is InChI=1S/C23H32N4O4/c1-31-17-20(28)26-12-5-8-19(16-26)27-21(29)23(24-22(27)30)10-14-25(15-11-23)13-9-18-6-3-2-4-7-18/h2-4,6-7,19H,5,8-17H2,1H3,(H,24,30). The number of imide groups is 1. The van der Waals surface area contributed by atoms with Crippen LogP contribution in [-0.4, -0.2) is 90.6 Å². The van der Waals surface area contributed by atoms with E-state index in [1.807, 2.05) is 6.07 Å². The highest BCUT2D eigenvalue weighted by Gasteiger charge is 2.54. The van der Waals surface area contributed by atoms with Crippen molar-refractivity contribution in [3.63, 3.8) is 0 Å². The third-order valence-electron chi connectivity index (χ3n) is 6.84. The number of ether oxygens (including phenoxy) is 1. The van der Waals surface area contributed by atoms with Crippen LogP contribution in [0.5, 0.6) is 0 Å². The maximum absolute atomic E-state index is 13.4. The van der Waals surface area contributed by atoms with Gasteiger partial charge in [-0.3, -0.25) is 14.5 Å². The van der Waals surface area contributed by atoms with E-state index < -0.39 is 5.54 Å². The van der Waals surface area contributed by atoms with E-state index in [0.717, 1.165) is 38.9 Å². The van der Waals surface area contributed by atoms with E-state index in [9.17, 15) is 14.4 Å². The molecule has 3 heterocycles. The number of methoxy groups -OCH3 is 1. The minimum absolute atomic E-state index is 0.0234. The first-order valence-corrected chi connectivity index (χ1v) is 11.2. The molecule has 0 saturated carbocycles. The number of benzene rings is 1. The zero-order valence-corrected chi connectivity index (χ0v) is 18.2. The van der Waals surface area contributed by atoms with Gasteiger partial charge in [0.1, 0.15) is 12.1 Å². The Morgan fingerprint density at radius 3 is 2.61 bits per heavy atom. The second kappa shape index (κ2) is 9.36. The van der Waals surface area contributed by atoms with Crippen molar-refractivity contribution in [1.29, 1.82) is 0 Å². The number of likely N-dealkylation sites (tertiary alicyclic amines) is 2. The van der Waals surface area contributed by atoms with Crippen LogP contribution in [0, 0.1) is 0 Å². The molecular weight excluding hydrogens is 396 g/mol. The minimum atomic E-state index is -0.793. The van der Waals surface area contributed by atoms with Gasteiger partial charge in [-0.2, -0.15) is 0 Å². The van der Waals surface area contributed by atoms with E-state index in [2.05, 4.69) is 34.5 Å². The van der Waals surface area contributed by atoms with Crippen LogP contribution in [0.2, 0.25) is 0 Å². The SMILES string of the molecule is COCC(=O)N1CCCC(N2C(=O)NC3(CCN(CCc4ccccc4)CC3)C2=O)C1. The average Bonchev–Trinajstić information content (AvgIpc) is 3.03. The van der Waals surface area contributed by atoms with Gasteiger partial charge in [0.15, 0.2) is 0 Å². The molecule has 4 amide bonds. The predicted octanol–water partition coefficient (Wildman–Crippen LogP) is 1.25. The Hall–Kier alpha value is -2.45. The fourth-order valence-electron chi connectivity index (χ4n) is 5.01. The fraction of sp³-hybridized carbons (Fsp3) is 0.609. The lowest BCUT2D eigenvalue weighted by molar-refractivity contribution is -0.141. The van der Waals surface area contributed by atoms with E-state index in [1.165, 1.54) is 17.6 Å². The van der Waals surface area contributed by atoms with Crippen LogP contribution in [0.25, 0.3) is 0 Å². The fourth-order valence-corrected chi connectivity index (χ4v) is 5.01. The second-order valence-electron chi connectivity index (χ2n) is 8.83. The Labute approximate surface area is 183 Å². The molecule has 1 spiro atoms. The summed E-state index contributed by atoms with van der Waals surface area (Å²) >= 11 is 0. The number of amides is 4. The van der Waals surface area contributed by atoms with Crippen molar-refractivity contribution in [1.82, 2.24) is 20.0 Å². The molecule has 0 aromatic heterocycles. The Balaban J connectivity index is 1.34. The zero-order chi connectivity index (χ0) is 21.8. The first-order valence-electron chi connectivity index (χ1n) is 11.2. The van der Waals surface area contributed by atoms with Gasteiger partial charge >= 0.3 is 6.03 Å². The molecule has 0 bridgehead atoms. The number of carbonyl (C=O) groups is 3. The van der Waals surface area contributed by atoms with Crippen LogP contribution >= 0.6 is 0 Å². The summed E-state index contributed by atoms with van der Waals surface area (Å²) in [5.74, 6) is -0.216. The van der Waals surface area contributed by atoms with Crippen molar-refractivity contribution in [2.75, 3.05) is 46.4 Å². The summed E-state index contributed by atoms with van der Waals surface area (Å²) in [6.07, 6.45) is 3.74. The first-order chi connectivity index (χ1) is 15.0. The molecule has 1 aromatic carbocycles. The van der Waals surface area contributed by atoms with Crippen molar-refractivity contribution in [3.05, 3.63) is 35.9 Å². The van der Waals surface area contributed by atoms with Gasteiger partial charge in [0, 0.05) is 39.8 Å². The van der Waals surface area contributed by atoms with Crippen LogP contribution in [0.4, 0.5) is 4.79 Å². The topological polar surface area (TPSA) is 82.2 Å². The number of hydrogen-bond acceptors (Lipinski definition) is 5. The average molecular weight is 429 g/mol. The van der Waals surface area contributed by atoms with Gasteiger partial charge in [0.25, 0.3) is 5.91 Å². The van der Waals surface area contributed by atoms with Crippen molar-refractivity contribution in [2.45, 2.75) is 43.7 Å². The normalized spacial score (nSPS) is 24.0. The van der Waals surface area contributed by atoms with Crippen molar-refractivity contribution in [2.24, 2.45) is 0 Å². The quantitative estimate of drug-likeness (QED) is 0.690. The molecule has 1 unspecified atom stereocenters. The Kier molecular flexibility index (Phi) is 6.57. The van der Waals surface area contributed by atoms with Crippen LogP contribution in [0.3, 0.4) is 0 Å². The van der Waals surface area contributed by atoms with Crippen molar-refractivity contribution in [3.8, 4) is 0 Å². The Morgan fingerprint density at radius 2 is 1.90 bits per heavy atom. The highest BCUT2D eigenvalue weighted by Crippen LogP contribution is 2.32. The molecule has 8 nitrogen and oxygen atoms in total. The highest BCUT2D eigenvalue weighted by atomic mass is 16.5. The summed E-state index contributed by atoms with van der Waals surface area (Å²) in [7, 11) is 1.49. The number of piperidine rings is 2. The molecule has 0 radical (unpaired) electrons. The predicted molar refractivity (Wildman–Crippen MR) is 115 cm³/mol. The second-order valence-corrected chi connectivity index (χ2v) is 8.83. The van der Waals surface area contributed by atoms with Crippen LogP contribution in [0.1, 0.15) is 31.2 Å². The molecule has 8 heteroatoms. The molecule has 4 rings (SSSR count). The van der Waals surface area contributed by atoms with Gasteiger partial charge in [-0.05, 0) is 37.7 Å². The third-order valence-corrected chi connectivity index (χ3v) is 6.84. The molecule has 3 aliphatic heterocycles. The van der Waals surface area contributed by atoms with E-state index in [-0.39, 0.29) is 30.5 Å². The largest absolute Gasteiger partial charge is 0.375 e. The van der Waals surface area contributed by atoms with Gasteiger partial charge in [-0.15, -0.1) is 0 Å². The van der Waals surface area contributed by atoms with E-state index in [1.54, 1.807) is 4.90 Å². The molecule has 1 N–H and O–H groups in total. The third kappa shape index (κ3) is 4.60. The molecule has 3 aliphatic rings. The smallest absolute Gasteiger partial charge is 0.325 e. The van der Waals surface area contributed by atoms with Gasteiger partial charge in [0.05, 0.1) is 6.04 Å². The van der Waals surface area contributed by atoms with E-state index in [0.29, 0.717) is 25.9 Å². The molecule has 31 heavy (non-hydrogen) atoms. The van der Waals surface area contributed by atoms with Crippen LogP contribution < -0.4 is 5.32 Å². The summed E-state index contributed by atoms with van der Waals surface area (Å²) in [6, 6.07) is 9.82. The van der Waals surface area contributed by atoms with Crippen LogP contribution in [-0.2, 0) is 20.7 Å². The monoisotopic (exact) mass is 428 g/mol. The van der Waals surface area contributed by atoms with Gasteiger partial charge in [-0.25, -0.2) is 4.79 Å². The minimum Gasteiger partial charge on any atom is -0.375 e. The number of rotatable bonds is 6. The maximum atomic E-state index is 13.4. The lowest BCUT2D eigenvalue weighted by Gasteiger charge is -2.39. The highest BCUT2D eigenvalue weighted by molar-refractivity contribution is 6.07. The van der Waals surface area contributed by atoms with Gasteiger partial charge < -0.3 is 19.9 Å². The summed E-state index contributed by atoms with van der Waals surface area (Å²) < 4.78 is 4.95. The summed E-state index contributed by atoms with van der Waals surface area (Å²) in [4.78, 5) is 43.9. The Bertz CT molecular complexity index is 807. The van der Waals surface area contributed by atoms with Crippen molar-refractivity contribution >= 4 is 17.8 Å². The number of nitrogens with one attached hydrogen (secondary N) is 1. The Morgan fingerprint density at radius 1 is 1.16 bits per heavy atom. The van der Waals surface area contributed by atoms with E-state index in [4.69, 9.17) is 4.74 Å². The number of hydrogen-bond donors (Lipinski definition) is 1. The molecule has 1 aromatic rings. The summed E-state index contributed by atoms with van der Waals surface area (Å²) in [6.45, 7) is 3.58. The number of nitrogens with zero attached hydrogens (tertiary/aromatic N) is 3. The van der Waals surface area contributed by atoms with Gasteiger partial charge in [-0.1, -0.05) is 30.3 Å². The molecule has 3 fully saturated rings. The molecule has 168 valence electrons. The first kappa shape index (κ1) is 21.8. The maximum Gasteiger partial charge on any atom is 0.325 e. The summed E-state index contributed by atoms with van der Waals surface area (Å²) in [5, 5.41) is 3.01. The van der Waals surface area contributed by atoms with Crippen LogP contribution in [0.15, 0.2) is 30.3 Å². The molecule has 0 aliphatic carbocycles.